The van der Waals surface area contributed by atoms with Crippen LogP contribution in [0.5, 0.6) is 0 Å². The topological polar surface area (TPSA) is 81.2 Å². The van der Waals surface area contributed by atoms with Gasteiger partial charge in [0.15, 0.2) is 0 Å². The number of nitrogens with zero attached hydrogens (tertiary/aromatic N) is 7. The van der Waals surface area contributed by atoms with Crippen molar-refractivity contribution in [1.82, 2.24) is 25.0 Å². The summed E-state index contributed by atoms with van der Waals surface area (Å²) in [6.07, 6.45) is 2.67. The Morgan fingerprint density at radius 1 is 1.20 bits per heavy atom. The molecule has 3 aromatic rings. The maximum atomic E-state index is 15.3. The molecule has 10 heteroatoms. The number of allylic oxidation sites excluding steroid dienone is 2. The molecule has 180 valence electrons. The SMILES string of the molecule is C=NC(=N/C(=C(\C)F)[C@@]12CC[C@@H](c3cc(-c4c(F)cccc4F)nnc31)C2(C)C)n1ncnc1C. The van der Waals surface area contributed by atoms with Gasteiger partial charge < -0.3 is 0 Å². The number of halogens is 3. The van der Waals surface area contributed by atoms with Crippen molar-refractivity contribution < 1.29 is 13.2 Å². The van der Waals surface area contributed by atoms with Crippen molar-refractivity contribution in [2.24, 2.45) is 15.4 Å². The first-order chi connectivity index (χ1) is 16.6. The predicted molar refractivity (Wildman–Crippen MR) is 126 cm³/mol. The van der Waals surface area contributed by atoms with Gasteiger partial charge in [-0.25, -0.2) is 28.1 Å². The Labute approximate surface area is 200 Å². The van der Waals surface area contributed by atoms with Gasteiger partial charge in [0.05, 0.1) is 28.1 Å². The third kappa shape index (κ3) is 3.11. The zero-order valence-electron chi connectivity index (χ0n) is 19.8. The van der Waals surface area contributed by atoms with Crippen LogP contribution in [-0.2, 0) is 5.41 Å². The highest BCUT2D eigenvalue weighted by Crippen LogP contribution is 2.70. The highest BCUT2D eigenvalue weighted by Gasteiger charge is 2.66. The summed E-state index contributed by atoms with van der Waals surface area (Å²) in [5.74, 6) is -1.34. The molecule has 0 spiro atoms. The van der Waals surface area contributed by atoms with Gasteiger partial charge in [-0.3, -0.25) is 0 Å². The lowest BCUT2D eigenvalue weighted by Gasteiger charge is -2.38. The predicted octanol–water partition coefficient (Wildman–Crippen LogP) is 5.28. The molecule has 0 unspecified atom stereocenters. The van der Waals surface area contributed by atoms with Gasteiger partial charge in [0, 0.05) is 0 Å². The molecule has 2 aromatic heterocycles. The molecule has 35 heavy (non-hydrogen) atoms. The summed E-state index contributed by atoms with van der Waals surface area (Å²) in [4.78, 5) is 12.7. The number of hydrogen-bond acceptors (Lipinski definition) is 5. The van der Waals surface area contributed by atoms with Gasteiger partial charge in [0.25, 0.3) is 5.96 Å². The van der Waals surface area contributed by atoms with Crippen molar-refractivity contribution in [3.8, 4) is 11.3 Å². The van der Waals surface area contributed by atoms with Crippen LogP contribution in [0.1, 0.15) is 56.6 Å². The standard InChI is InChI=1S/C25H24F3N7/c1-13(26)21(32-23(29-5)35-14(2)30-12-31-35)25-10-9-16(24(25,3)4)15-11-19(33-34-22(15)25)20-17(27)7-6-8-18(20)28/h6-8,11-12,16H,5,9-10H2,1-4H3/b21-13+,32-23?/t16-,25-/m0/s1. The van der Waals surface area contributed by atoms with Crippen molar-refractivity contribution in [2.75, 3.05) is 0 Å². The molecule has 7 nitrogen and oxygen atoms in total. The highest BCUT2D eigenvalue weighted by atomic mass is 19.1. The Morgan fingerprint density at radius 3 is 2.51 bits per heavy atom. The number of aliphatic imine (C=N–C) groups is 2. The second-order valence-electron chi connectivity index (χ2n) is 9.52. The van der Waals surface area contributed by atoms with Gasteiger partial charge >= 0.3 is 0 Å². The summed E-state index contributed by atoms with van der Waals surface area (Å²) >= 11 is 0. The fraction of sp³-hybridized carbons (Fsp3) is 0.360. The van der Waals surface area contributed by atoms with E-state index in [9.17, 15) is 8.78 Å². The van der Waals surface area contributed by atoms with Crippen molar-refractivity contribution in [2.45, 2.75) is 51.9 Å². The summed E-state index contributed by atoms with van der Waals surface area (Å²) in [6, 6.07) is 5.35. The zero-order valence-corrected chi connectivity index (χ0v) is 19.8. The number of benzene rings is 1. The lowest BCUT2D eigenvalue weighted by Crippen LogP contribution is -2.38. The van der Waals surface area contributed by atoms with E-state index in [2.05, 4.69) is 37.0 Å². The number of rotatable bonds is 3. The van der Waals surface area contributed by atoms with Crippen molar-refractivity contribution in [3.05, 3.63) is 70.8 Å². The van der Waals surface area contributed by atoms with E-state index < -0.39 is 28.3 Å². The number of fused-ring (bicyclic) bond motifs is 5. The van der Waals surface area contributed by atoms with Gasteiger partial charge in [0.1, 0.15) is 29.6 Å². The summed E-state index contributed by atoms with van der Waals surface area (Å²) in [5.41, 5.74) is -0.0213. The van der Waals surface area contributed by atoms with E-state index >= 15 is 4.39 Å². The van der Waals surface area contributed by atoms with Crippen LogP contribution in [0.3, 0.4) is 0 Å². The largest absolute Gasteiger partial charge is 0.252 e. The minimum absolute atomic E-state index is 0.0284. The van der Waals surface area contributed by atoms with E-state index in [1.165, 1.54) is 36.1 Å². The van der Waals surface area contributed by atoms with E-state index in [0.29, 0.717) is 17.9 Å². The average Bonchev–Trinajstić information content (AvgIpc) is 3.40. The smallest absolute Gasteiger partial charge is 0.228 e. The van der Waals surface area contributed by atoms with Crippen LogP contribution < -0.4 is 0 Å². The van der Waals surface area contributed by atoms with Crippen molar-refractivity contribution >= 4 is 12.7 Å². The fourth-order valence-corrected chi connectivity index (χ4v) is 5.92. The average molecular weight is 480 g/mol. The van der Waals surface area contributed by atoms with E-state index in [1.807, 2.05) is 13.8 Å². The monoisotopic (exact) mass is 479 g/mol. The molecule has 2 aliphatic rings. The second-order valence-corrected chi connectivity index (χ2v) is 9.52. The molecule has 2 heterocycles. The van der Waals surface area contributed by atoms with E-state index in [4.69, 9.17) is 0 Å². The number of aryl methyl sites for hydroxylation is 1. The Hall–Kier alpha value is -3.69. The van der Waals surface area contributed by atoms with E-state index in [0.717, 1.165) is 12.0 Å². The zero-order chi connectivity index (χ0) is 25.1. The van der Waals surface area contributed by atoms with Gasteiger partial charge in [-0.1, -0.05) is 19.9 Å². The Bertz CT molecular complexity index is 1400. The lowest BCUT2D eigenvalue weighted by molar-refractivity contribution is 0.237. The molecule has 2 atom stereocenters. The Kier molecular flexibility index (Phi) is 5.23. The first kappa shape index (κ1) is 23.1. The van der Waals surface area contributed by atoms with Gasteiger partial charge in [0.2, 0.25) is 0 Å². The summed E-state index contributed by atoms with van der Waals surface area (Å²) in [7, 11) is 0. The molecule has 0 aliphatic heterocycles. The minimum atomic E-state index is -0.921. The summed E-state index contributed by atoms with van der Waals surface area (Å²) in [5, 5.41) is 12.8. The first-order valence-electron chi connectivity index (χ1n) is 11.2. The quantitative estimate of drug-likeness (QED) is 0.378. The highest BCUT2D eigenvalue weighted by molar-refractivity contribution is 5.87. The van der Waals surface area contributed by atoms with Crippen LogP contribution in [0.2, 0.25) is 0 Å². The molecule has 1 fully saturated rings. The third-order valence-electron chi connectivity index (χ3n) is 7.59. The molecule has 0 amide bonds. The van der Waals surface area contributed by atoms with Gasteiger partial charge in [-0.05, 0) is 68.5 Å². The van der Waals surface area contributed by atoms with Crippen LogP contribution in [0.15, 0.2) is 52.1 Å². The fourth-order valence-electron chi connectivity index (χ4n) is 5.92. The second kappa shape index (κ2) is 7.93. The molecule has 1 saturated carbocycles. The molecule has 0 saturated heterocycles. The molecule has 0 N–H and O–H groups in total. The maximum Gasteiger partial charge on any atom is 0.252 e. The van der Waals surface area contributed by atoms with E-state index in [1.54, 1.807) is 13.0 Å². The number of hydrogen-bond donors (Lipinski definition) is 0. The van der Waals surface area contributed by atoms with E-state index in [-0.39, 0.29) is 28.8 Å². The molecule has 2 aliphatic carbocycles. The maximum absolute atomic E-state index is 15.3. The normalized spacial score (nSPS) is 23.3. The molecular weight excluding hydrogens is 455 g/mol. The van der Waals surface area contributed by atoms with Crippen LogP contribution in [-0.4, -0.2) is 37.6 Å². The van der Waals surface area contributed by atoms with Crippen LogP contribution in [0, 0.1) is 24.0 Å². The lowest BCUT2D eigenvalue weighted by atomic mass is 9.66. The molecular formula is C25H24F3N7. The van der Waals surface area contributed by atoms with Crippen molar-refractivity contribution in [3.63, 3.8) is 0 Å². The number of aromatic nitrogens is 5. The molecule has 1 aromatic carbocycles. The minimum Gasteiger partial charge on any atom is -0.228 e. The Balaban J connectivity index is 1.72. The van der Waals surface area contributed by atoms with Crippen LogP contribution >= 0.6 is 0 Å². The molecule has 0 radical (unpaired) electrons. The van der Waals surface area contributed by atoms with Gasteiger partial charge in [-0.2, -0.15) is 14.9 Å². The summed E-state index contributed by atoms with van der Waals surface area (Å²) < 4.78 is 45.6. The molecule has 2 bridgehead atoms. The Morgan fingerprint density at radius 2 is 1.91 bits per heavy atom. The van der Waals surface area contributed by atoms with Crippen LogP contribution in [0.4, 0.5) is 13.2 Å². The summed E-state index contributed by atoms with van der Waals surface area (Å²) in [6.45, 7) is 10.7. The van der Waals surface area contributed by atoms with Crippen LogP contribution in [0.25, 0.3) is 11.3 Å². The van der Waals surface area contributed by atoms with Gasteiger partial charge in [-0.15, -0.1) is 5.10 Å². The molecule has 5 rings (SSSR count). The third-order valence-corrected chi connectivity index (χ3v) is 7.59. The first-order valence-corrected chi connectivity index (χ1v) is 11.2. The van der Waals surface area contributed by atoms with Crippen molar-refractivity contribution in [1.29, 1.82) is 0 Å².